The second kappa shape index (κ2) is 6.10. The normalized spacial score (nSPS) is 12.8. The van der Waals surface area contributed by atoms with Crippen molar-refractivity contribution in [3.8, 4) is 0 Å². The van der Waals surface area contributed by atoms with E-state index in [2.05, 4.69) is 5.32 Å². The van der Waals surface area contributed by atoms with Gasteiger partial charge in [-0.05, 0) is 32.4 Å². The van der Waals surface area contributed by atoms with Gasteiger partial charge in [0.15, 0.2) is 0 Å². The van der Waals surface area contributed by atoms with E-state index in [-0.39, 0.29) is 5.91 Å². The lowest BCUT2D eigenvalue weighted by atomic mass is 9.83. The molecule has 2 rings (SSSR count). The van der Waals surface area contributed by atoms with Crippen LogP contribution in [0.2, 0.25) is 0 Å². The van der Waals surface area contributed by atoms with Crippen molar-refractivity contribution < 1.29 is 9.90 Å². The largest absolute Gasteiger partial charge is 0.389 e. The van der Waals surface area contributed by atoms with Gasteiger partial charge >= 0.3 is 0 Å². The van der Waals surface area contributed by atoms with Gasteiger partial charge < -0.3 is 10.4 Å². The van der Waals surface area contributed by atoms with E-state index in [1.54, 1.807) is 13.0 Å². The van der Waals surface area contributed by atoms with Crippen LogP contribution in [0.15, 0.2) is 54.6 Å². The maximum atomic E-state index is 12.6. The molecule has 0 saturated heterocycles. The molecule has 0 heterocycles. The standard InChI is InChI=1S/C18H21NO2/c1-13(20)15-11-7-8-12-16(15)19-17(21)18(2,3)14-9-5-4-6-10-14/h4-13,20H,1-3H3,(H,19,21). The Bertz CT molecular complexity index is 618. The molecule has 2 N–H and O–H groups in total. The summed E-state index contributed by atoms with van der Waals surface area (Å²) in [5, 5.41) is 12.7. The number of rotatable bonds is 4. The Balaban J connectivity index is 2.26. The number of nitrogens with one attached hydrogen (secondary N) is 1. The number of carbonyl (C=O) groups excluding carboxylic acids is 1. The quantitative estimate of drug-likeness (QED) is 0.899. The van der Waals surface area contributed by atoms with Crippen LogP contribution in [-0.2, 0) is 10.2 Å². The van der Waals surface area contributed by atoms with E-state index in [0.717, 1.165) is 11.1 Å². The molecule has 0 aliphatic carbocycles. The second-order valence-corrected chi connectivity index (χ2v) is 5.71. The van der Waals surface area contributed by atoms with Crippen LogP contribution in [0.5, 0.6) is 0 Å². The first-order valence-electron chi connectivity index (χ1n) is 7.07. The summed E-state index contributed by atoms with van der Waals surface area (Å²) in [5.41, 5.74) is 1.68. The number of aliphatic hydroxyl groups excluding tert-OH is 1. The van der Waals surface area contributed by atoms with E-state index in [9.17, 15) is 9.90 Å². The molecule has 2 aromatic carbocycles. The van der Waals surface area contributed by atoms with Gasteiger partial charge in [0.1, 0.15) is 0 Å². The molecule has 0 bridgehead atoms. The molecule has 0 radical (unpaired) electrons. The van der Waals surface area contributed by atoms with Gasteiger partial charge in [-0.3, -0.25) is 4.79 Å². The fraction of sp³-hybridized carbons (Fsp3) is 0.278. The van der Waals surface area contributed by atoms with Crippen molar-refractivity contribution in [1.29, 1.82) is 0 Å². The summed E-state index contributed by atoms with van der Waals surface area (Å²) in [7, 11) is 0. The molecule has 0 aliphatic rings. The first kappa shape index (κ1) is 15.3. The Kier molecular flexibility index (Phi) is 4.43. The summed E-state index contributed by atoms with van der Waals surface area (Å²) >= 11 is 0. The van der Waals surface area contributed by atoms with Crippen LogP contribution in [0.3, 0.4) is 0 Å². The highest BCUT2D eigenvalue weighted by Gasteiger charge is 2.30. The van der Waals surface area contributed by atoms with Crippen molar-refractivity contribution in [3.05, 3.63) is 65.7 Å². The smallest absolute Gasteiger partial charge is 0.234 e. The fourth-order valence-electron chi connectivity index (χ4n) is 2.24. The van der Waals surface area contributed by atoms with Crippen LogP contribution in [0.1, 0.15) is 38.0 Å². The van der Waals surface area contributed by atoms with E-state index in [0.29, 0.717) is 5.69 Å². The van der Waals surface area contributed by atoms with E-state index in [1.807, 2.05) is 62.4 Å². The number of amides is 1. The van der Waals surface area contributed by atoms with E-state index >= 15 is 0 Å². The predicted octanol–water partition coefficient (Wildman–Crippen LogP) is 3.66. The monoisotopic (exact) mass is 283 g/mol. The number of aliphatic hydroxyl groups is 1. The van der Waals surface area contributed by atoms with Crippen LogP contribution < -0.4 is 5.32 Å². The number of hydrogen-bond donors (Lipinski definition) is 2. The Morgan fingerprint density at radius 1 is 1.05 bits per heavy atom. The van der Waals surface area contributed by atoms with Gasteiger partial charge in [0.25, 0.3) is 0 Å². The summed E-state index contributed by atoms with van der Waals surface area (Å²) in [6.07, 6.45) is -0.624. The molecule has 0 spiro atoms. The van der Waals surface area contributed by atoms with Crippen molar-refractivity contribution in [2.24, 2.45) is 0 Å². The van der Waals surface area contributed by atoms with Crippen molar-refractivity contribution in [1.82, 2.24) is 0 Å². The highest BCUT2D eigenvalue weighted by Crippen LogP contribution is 2.27. The zero-order chi connectivity index (χ0) is 15.5. The lowest BCUT2D eigenvalue weighted by Gasteiger charge is -2.25. The van der Waals surface area contributed by atoms with Gasteiger partial charge in [0.05, 0.1) is 11.5 Å². The Morgan fingerprint density at radius 2 is 1.62 bits per heavy atom. The molecule has 1 atom stereocenters. The van der Waals surface area contributed by atoms with Crippen molar-refractivity contribution in [3.63, 3.8) is 0 Å². The van der Waals surface area contributed by atoms with Crippen LogP contribution in [0.4, 0.5) is 5.69 Å². The maximum absolute atomic E-state index is 12.6. The third-order valence-corrected chi connectivity index (χ3v) is 3.72. The molecular weight excluding hydrogens is 262 g/mol. The van der Waals surface area contributed by atoms with E-state index in [1.165, 1.54) is 0 Å². The maximum Gasteiger partial charge on any atom is 0.234 e. The average Bonchev–Trinajstić information content (AvgIpc) is 2.48. The zero-order valence-corrected chi connectivity index (χ0v) is 12.6. The van der Waals surface area contributed by atoms with Gasteiger partial charge in [-0.1, -0.05) is 48.5 Å². The predicted molar refractivity (Wildman–Crippen MR) is 85.2 cm³/mol. The molecule has 3 heteroatoms. The van der Waals surface area contributed by atoms with Gasteiger partial charge in [-0.2, -0.15) is 0 Å². The van der Waals surface area contributed by atoms with Crippen molar-refractivity contribution in [2.75, 3.05) is 5.32 Å². The summed E-state index contributed by atoms with van der Waals surface area (Å²) in [6, 6.07) is 17.0. The number of anilines is 1. The summed E-state index contributed by atoms with van der Waals surface area (Å²) in [6.45, 7) is 5.47. The minimum absolute atomic E-state index is 0.0956. The SMILES string of the molecule is CC(O)c1ccccc1NC(=O)C(C)(C)c1ccccc1. The molecule has 110 valence electrons. The first-order chi connectivity index (χ1) is 9.93. The molecule has 21 heavy (non-hydrogen) atoms. The van der Waals surface area contributed by atoms with Crippen LogP contribution in [0, 0.1) is 0 Å². The lowest BCUT2D eigenvalue weighted by molar-refractivity contribution is -0.120. The molecule has 0 aliphatic heterocycles. The van der Waals surface area contributed by atoms with Gasteiger partial charge in [-0.25, -0.2) is 0 Å². The minimum atomic E-state index is -0.646. The Labute approximate surface area is 125 Å². The van der Waals surface area contributed by atoms with Gasteiger partial charge in [0.2, 0.25) is 5.91 Å². The van der Waals surface area contributed by atoms with Crippen molar-refractivity contribution in [2.45, 2.75) is 32.3 Å². The average molecular weight is 283 g/mol. The minimum Gasteiger partial charge on any atom is -0.389 e. The molecule has 1 unspecified atom stereocenters. The molecule has 0 saturated carbocycles. The van der Waals surface area contributed by atoms with Crippen LogP contribution in [-0.4, -0.2) is 11.0 Å². The number of hydrogen-bond acceptors (Lipinski definition) is 2. The Morgan fingerprint density at radius 3 is 2.24 bits per heavy atom. The second-order valence-electron chi connectivity index (χ2n) is 5.71. The topological polar surface area (TPSA) is 49.3 Å². The molecular formula is C18H21NO2. The molecule has 3 nitrogen and oxygen atoms in total. The summed E-state index contributed by atoms with van der Waals surface area (Å²) < 4.78 is 0. The van der Waals surface area contributed by atoms with Gasteiger partial charge in [0, 0.05) is 11.3 Å². The Hall–Kier alpha value is -2.13. The van der Waals surface area contributed by atoms with E-state index in [4.69, 9.17) is 0 Å². The summed E-state index contributed by atoms with van der Waals surface area (Å²) in [5.74, 6) is -0.0956. The molecule has 0 aromatic heterocycles. The first-order valence-corrected chi connectivity index (χ1v) is 7.07. The molecule has 0 fully saturated rings. The molecule has 2 aromatic rings. The van der Waals surface area contributed by atoms with Crippen molar-refractivity contribution >= 4 is 11.6 Å². The number of carbonyl (C=O) groups is 1. The zero-order valence-electron chi connectivity index (χ0n) is 12.6. The highest BCUT2D eigenvalue weighted by atomic mass is 16.3. The number of para-hydroxylation sites is 1. The van der Waals surface area contributed by atoms with Gasteiger partial charge in [-0.15, -0.1) is 0 Å². The molecule has 1 amide bonds. The third kappa shape index (κ3) is 3.31. The lowest BCUT2D eigenvalue weighted by Crippen LogP contribution is -2.35. The summed E-state index contributed by atoms with van der Waals surface area (Å²) in [4.78, 5) is 12.6. The van der Waals surface area contributed by atoms with E-state index < -0.39 is 11.5 Å². The third-order valence-electron chi connectivity index (χ3n) is 3.72. The number of benzene rings is 2. The fourth-order valence-corrected chi connectivity index (χ4v) is 2.24. The van der Waals surface area contributed by atoms with Crippen LogP contribution >= 0.6 is 0 Å². The highest BCUT2D eigenvalue weighted by molar-refractivity contribution is 5.99. The van der Waals surface area contributed by atoms with Crippen LogP contribution in [0.25, 0.3) is 0 Å².